The van der Waals surface area contributed by atoms with Gasteiger partial charge in [0.05, 0.1) is 14.4 Å². The minimum Gasteiger partial charge on any atom is -0.328 e. The SMILES string of the molecule is NC1CCC(c2nccc(-c3ccc(Br)s3)n2)CC1. The summed E-state index contributed by atoms with van der Waals surface area (Å²) in [6, 6.07) is 6.50. The van der Waals surface area contributed by atoms with Crippen LogP contribution in [0.25, 0.3) is 10.6 Å². The standard InChI is InChI=1S/C14H16BrN3S/c15-13-6-5-12(19-13)11-7-8-17-14(18-11)9-1-3-10(16)4-2-9/h5-10H,1-4,16H2. The van der Waals surface area contributed by atoms with Gasteiger partial charge in [-0.25, -0.2) is 9.97 Å². The summed E-state index contributed by atoms with van der Waals surface area (Å²) in [4.78, 5) is 10.4. The molecule has 0 unspecified atom stereocenters. The van der Waals surface area contributed by atoms with Crippen LogP contribution >= 0.6 is 27.3 Å². The molecule has 2 aromatic rings. The quantitative estimate of drug-likeness (QED) is 0.902. The minimum absolute atomic E-state index is 0.368. The second kappa shape index (κ2) is 5.69. The van der Waals surface area contributed by atoms with Gasteiger partial charge in [-0.3, -0.25) is 0 Å². The number of nitrogens with zero attached hydrogens (tertiary/aromatic N) is 2. The Balaban J connectivity index is 1.84. The van der Waals surface area contributed by atoms with E-state index in [1.54, 1.807) is 11.3 Å². The highest BCUT2D eigenvalue weighted by Crippen LogP contribution is 2.33. The highest BCUT2D eigenvalue weighted by molar-refractivity contribution is 9.11. The van der Waals surface area contributed by atoms with Crippen LogP contribution in [0.1, 0.15) is 37.4 Å². The maximum atomic E-state index is 5.95. The minimum atomic E-state index is 0.368. The van der Waals surface area contributed by atoms with Crippen LogP contribution in [0.2, 0.25) is 0 Å². The second-order valence-corrected chi connectivity index (χ2v) is 7.48. The first-order chi connectivity index (χ1) is 9.22. The lowest BCUT2D eigenvalue weighted by atomic mass is 9.86. The highest BCUT2D eigenvalue weighted by atomic mass is 79.9. The maximum absolute atomic E-state index is 5.95. The summed E-state index contributed by atoms with van der Waals surface area (Å²) < 4.78 is 1.13. The number of nitrogens with two attached hydrogens (primary N) is 1. The van der Waals surface area contributed by atoms with E-state index >= 15 is 0 Å². The lowest BCUT2D eigenvalue weighted by molar-refractivity contribution is 0.385. The molecule has 0 aromatic carbocycles. The van der Waals surface area contributed by atoms with Gasteiger partial charge in [0.2, 0.25) is 0 Å². The van der Waals surface area contributed by atoms with Crippen LogP contribution in [0.3, 0.4) is 0 Å². The lowest BCUT2D eigenvalue weighted by Gasteiger charge is -2.24. The van der Waals surface area contributed by atoms with Crippen LogP contribution in [0, 0.1) is 0 Å². The van der Waals surface area contributed by atoms with Crippen molar-refractivity contribution in [3.63, 3.8) is 0 Å². The molecular weight excluding hydrogens is 322 g/mol. The number of halogens is 1. The zero-order valence-electron chi connectivity index (χ0n) is 10.6. The molecule has 5 heteroatoms. The van der Waals surface area contributed by atoms with Gasteiger partial charge in [-0.05, 0) is 59.8 Å². The Kier molecular flexibility index (Phi) is 3.96. The van der Waals surface area contributed by atoms with Crippen molar-refractivity contribution >= 4 is 27.3 Å². The number of rotatable bonds is 2. The molecule has 3 nitrogen and oxygen atoms in total. The fourth-order valence-corrected chi connectivity index (χ4v) is 3.89. The molecule has 2 heterocycles. The Morgan fingerprint density at radius 3 is 2.63 bits per heavy atom. The van der Waals surface area contributed by atoms with Gasteiger partial charge in [0, 0.05) is 18.2 Å². The van der Waals surface area contributed by atoms with Crippen LogP contribution < -0.4 is 5.73 Å². The van der Waals surface area contributed by atoms with Crippen LogP contribution in [0.5, 0.6) is 0 Å². The Morgan fingerprint density at radius 1 is 1.16 bits per heavy atom. The monoisotopic (exact) mass is 337 g/mol. The third kappa shape index (κ3) is 3.04. The van der Waals surface area contributed by atoms with E-state index < -0.39 is 0 Å². The zero-order valence-corrected chi connectivity index (χ0v) is 13.0. The van der Waals surface area contributed by atoms with Crippen molar-refractivity contribution in [2.75, 3.05) is 0 Å². The number of hydrogen-bond acceptors (Lipinski definition) is 4. The van der Waals surface area contributed by atoms with E-state index in [9.17, 15) is 0 Å². The molecule has 2 aromatic heterocycles. The van der Waals surface area contributed by atoms with E-state index in [0.29, 0.717) is 12.0 Å². The van der Waals surface area contributed by atoms with E-state index in [1.807, 2.05) is 12.3 Å². The maximum Gasteiger partial charge on any atom is 0.132 e. The van der Waals surface area contributed by atoms with E-state index in [2.05, 4.69) is 33.0 Å². The molecule has 1 saturated carbocycles. The van der Waals surface area contributed by atoms with Gasteiger partial charge >= 0.3 is 0 Å². The number of hydrogen-bond donors (Lipinski definition) is 1. The first-order valence-electron chi connectivity index (χ1n) is 6.56. The van der Waals surface area contributed by atoms with Crippen molar-refractivity contribution < 1.29 is 0 Å². The fraction of sp³-hybridized carbons (Fsp3) is 0.429. The van der Waals surface area contributed by atoms with Crippen LogP contribution in [-0.2, 0) is 0 Å². The molecular formula is C14H16BrN3S. The topological polar surface area (TPSA) is 51.8 Å². The summed E-state index contributed by atoms with van der Waals surface area (Å²) in [7, 11) is 0. The van der Waals surface area contributed by atoms with Gasteiger partial charge in [-0.2, -0.15) is 0 Å². The van der Waals surface area contributed by atoms with E-state index in [0.717, 1.165) is 41.0 Å². The first kappa shape index (κ1) is 13.2. The zero-order chi connectivity index (χ0) is 13.2. The smallest absolute Gasteiger partial charge is 0.132 e. The third-order valence-electron chi connectivity index (χ3n) is 3.64. The van der Waals surface area contributed by atoms with Crippen molar-refractivity contribution in [2.45, 2.75) is 37.6 Å². The molecule has 100 valence electrons. The molecule has 2 N–H and O–H groups in total. The van der Waals surface area contributed by atoms with E-state index in [4.69, 9.17) is 10.7 Å². The molecule has 1 aliphatic rings. The molecule has 0 atom stereocenters. The van der Waals surface area contributed by atoms with Crippen LogP contribution in [0.4, 0.5) is 0 Å². The molecule has 3 rings (SSSR count). The largest absolute Gasteiger partial charge is 0.328 e. The van der Waals surface area contributed by atoms with Gasteiger partial charge in [0.15, 0.2) is 0 Å². The fourth-order valence-electron chi connectivity index (χ4n) is 2.54. The Bertz CT molecular complexity index is 561. The molecule has 0 saturated heterocycles. The van der Waals surface area contributed by atoms with Crippen molar-refractivity contribution in [3.05, 3.63) is 34.0 Å². The molecule has 0 bridgehead atoms. The molecule has 0 spiro atoms. The highest BCUT2D eigenvalue weighted by Gasteiger charge is 2.22. The average molecular weight is 338 g/mol. The Hall–Kier alpha value is -0.780. The van der Waals surface area contributed by atoms with Crippen molar-refractivity contribution in [3.8, 4) is 10.6 Å². The summed E-state index contributed by atoms with van der Waals surface area (Å²) in [5, 5.41) is 0. The molecule has 1 aliphatic carbocycles. The second-order valence-electron chi connectivity index (χ2n) is 5.02. The summed E-state index contributed by atoms with van der Waals surface area (Å²) in [5.74, 6) is 1.46. The van der Waals surface area contributed by atoms with Gasteiger partial charge in [-0.15, -0.1) is 11.3 Å². The molecule has 1 fully saturated rings. The predicted molar refractivity (Wildman–Crippen MR) is 82.2 cm³/mol. The Morgan fingerprint density at radius 2 is 1.95 bits per heavy atom. The van der Waals surface area contributed by atoms with E-state index in [1.165, 1.54) is 4.88 Å². The van der Waals surface area contributed by atoms with Crippen molar-refractivity contribution in [2.24, 2.45) is 5.73 Å². The average Bonchev–Trinajstić information content (AvgIpc) is 2.86. The Labute approximate surface area is 125 Å². The number of thiophene rings is 1. The molecule has 19 heavy (non-hydrogen) atoms. The summed E-state index contributed by atoms with van der Waals surface area (Å²) in [5.41, 5.74) is 6.98. The van der Waals surface area contributed by atoms with Gasteiger partial charge in [-0.1, -0.05) is 0 Å². The lowest BCUT2D eigenvalue weighted by Crippen LogP contribution is -2.26. The van der Waals surface area contributed by atoms with Gasteiger partial charge < -0.3 is 5.73 Å². The van der Waals surface area contributed by atoms with Gasteiger partial charge in [0.1, 0.15) is 5.82 Å². The summed E-state index contributed by atoms with van der Waals surface area (Å²) in [6.07, 6.45) is 6.27. The molecule has 0 aliphatic heterocycles. The summed E-state index contributed by atoms with van der Waals surface area (Å²) >= 11 is 5.20. The van der Waals surface area contributed by atoms with Gasteiger partial charge in [0.25, 0.3) is 0 Å². The summed E-state index contributed by atoms with van der Waals surface area (Å²) in [6.45, 7) is 0. The molecule has 0 amide bonds. The van der Waals surface area contributed by atoms with Crippen LogP contribution in [0.15, 0.2) is 28.2 Å². The first-order valence-corrected chi connectivity index (χ1v) is 8.17. The van der Waals surface area contributed by atoms with Crippen molar-refractivity contribution in [1.29, 1.82) is 0 Å². The molecule has 0 radical (unpaired) electrons. The predicted octanol–water partition coefficient (Wildman–Crippen LogP) is 3.95. The number of aromatic nitrogens is 2. The normalized spacial score (nSPS) is 23.5. The van der Waals surface area contributed by atoms with Crippen LogP contribution in [-0.4, -0.2) is 16.0 Å². The third-order valence-corrected chi connectivity index (χ3v) is 5.28. The van der Waals surface area contributed by atoms with E-state index in [-0.39, 0.29) is 0 Å². The van der Waals surface area contributed by atoms with Crippen molar-refractivity contribution in [1.82, 2.24) is 9.97 Å².